The molecule has 77 valence electrons. The van der Waals surface area contributed by atoms with Crippen molar-refractivity contribution in [2.45, 2.75) is 59.4 Å². The number of rotatable bonds is 3. The highest BCUT2D eigenvalue weighted by molar-refractivity contribution is 4.77. The first-order valence-electron chi connectivity index (χ1n) is 5.64. The van der Waals surface area contributed by atoms with Gasteiger partial charge in [-0.3, -0.25) is 0 Å². The molecule has 1 heterocycles. The number of hydrogen-bond acceptors (Lipinski definition) is 0. The average Bonchev–Trinajstić information content (AvgIpc) is 2.34. The van der Waals surface area contributed by atoms with Crippen molar-refractivity contribution in [3.05, 3.63) is 0 Å². The van der Waals surface area contributed by atoms with E-state index in [2.05, 4.69) is 33.0 Å². The fraction of sp³-hybridized carbons (Fsp3) is 1.00. The number of hydrogen-bond donors (Lipinski definition) is 0. The Hall–Kier alpha value is -0.0400. The molecule has 0 spiro atoms. The van der Waals surface area contributed by atoms with E-state index >= 15 is 0 Å². The van der Waals surface area contributed by atoms with Gasteiger partial charge in [-0.1, -0.05) is 27.7 Å². The van der Waals surface area contributed by atoms with Gasteiger partial charge in [-0.25, -0.2) is 5.32 Å². The van der Waals surface area contributed by atoms with Crippen LogP contribution in [0.15, 0.2) is 0 Å². The van der Waals surface area contributed by atoms with Gasteiger partial charge in [0.05, 0.1) is 0 Å². The summed E-state index contributed by atoms with van der Waals surface area (Å²) in [5, 5.41) is 4.61. The lowest BCUT2D eigenvalue weighted by molar-refractivity contribution is 0.280. The highest BCUT2D eigenvalue weighted by atomic mass is 14.9. The molecule has 0 amide bonds. The molecule has 2 unspecified atom stereocenters. The third kappa shape index (κ3) is 4.66. The Bertz CT molecular complexity index is 140. The van der Waals surface area contributed by atoms with Gasteiger partial charge in [0.25, 0.3) is 0 Å². The van der Waals surface area contributed by atoms with E-state index < -0.39 is 0 Å². The standard InChI is InChI=1S/C12H24N/c1-10(9-12(2,3)4)8-11-6-5-7-13-11/h10-11H,5-9H2,1-4H3. The molecule has 0 aromatic rings. The summed E-state index contributed by atoms with van der Waals surface area (Å²) in [5.41, 5.74) is 0.484. The van der Waals surface area contributed by atoms with Crippen LogP contribution in [0.4, 0.5) is 0 Å². The van der Waals surface area contributed by atoms with Crippen LogP contribution in [0, 0.1) is 11.3 Å². The van der Waals surface area contributed by atoms with Crippen LogP contribution in [0.3, 0.4) is 0 Å². The van der Waals surface area contributed by atoms with Gasteiger partial charge in [0.1, 0.15) is 0 Å². The molecule has 1 nitrogen and oxygen atoms in total. The smallest absolute Gasteiger partial charge is 0.0249 e. The van der Waals surface area contributed by atoms with Gasteiger partial charge in [-0.15, -0.1) is 0 Å². The van der Waals surface area contributed by atoms with Gasteiger partial charge >= 0.3 is 0 Å². The zero-order chi connectivity index (χ0) is 9.90. The van der Waals surface area contributed by atoms with Gasteiger partial charge in [-0.05, 0) is 37.0 Å². The molecule has 13 heavy (non-hydrogen) atoms. The Morgan fingerprint density at radius 1 is 1.38 bits per heavy atom. The molecule has 0 saturated carbocycles. The first kappa shape index (κ1) is 11.0. The zero-order valence-electron chi connectivity index (χ0n) is 9.64. The van der Waals surface area contributed by atoms with Crippen molar-refractivity contribution in [2.75, 3.05) is 6.54 Å². The van der Waals surface area contributed by atoms with E-state index in [0.29, 0.717) is 11.5 Å². The lowest BCUT2D eigenvalue weighted by atomic mass is 9.83. The maximum Gasteiger partial charge on any atom is 0.0249 e. The first-order valence-corrected chi connectivity index (χ1v) is 5.64. The van der Waals surface area contributed by atoms with Gasteiger partial charge in [0.2, 0.25) is 0 Å². The van der Waals surface area contributed by atoms with Crippen LogP contribution in [-0.2, 0) is 0 Å². The summed E-state index contributed by atoms with van der Waals surface area (Å²) in [7, 11) is 0. The summed E-state index contributed by atoms with van der Waals surface area (Å²) >= 11 is 0. The highest BCUT2D eigenvalue weighted by Gasteiger charge is 2.21. The number of nitrogens with zero attached hydrogens (tertiary/aromatic N) is 1. The summed E-state index contributed by atoms with van der Waals surface area (Å²) in [5.74, 6) is 0.840. The summed E-state index contributed by atoms with van der Waals surface area (Å²) in [4.78, 5) is 0. The first-order chi connectivity index (χ1) is 5.97. The molecule has 1 radical (unpaired) electrons. The second-order valence-electron chi connectivity index (χ2n) is 5.81. The topological polar surface area (TPSA) is 14.1 Å². The minimum atomic E-state index is 0.484. The predicted molar refractivity (Wildman–Crippen MR) is 57.9 cm³/mol. The SMILES string of the molecule is CC(CC1CCC[N]1)CC(C)(C)C. The van der Waals surface area contributed by atoms with Crippen LogP contribution >= 0.6 is 0 Å². The van der Waals surface area contributed by atoms with Crippen molar-refractivity contribution in [3.63, 3.8) is 0 Å². The van der Waals surface area contributed by atoms with Crippen LogP contribution in [0.1, 0.15) is 53.4 Å². The minimum absolute atomic E-state index is 0.484. The second kappa shape index (κ2) is 4.45. The lowest BCUT2D eigenvalue weighted by Gasteiger charge is -2.24. The molecule has 0 N–H and O–H groups in total. The van der Waals surface area contributed by atoms with Crippen molar-refractivity contribution < 1.29 is 0 Å². The Balaban J connectivity index is 2.20. The largest absolute Gasteiger partial charge is 0.238 e. The summed E-state index contributed by atoms with van der Waals surface area (Å²) in [6.07, 6.45) is 5.32. The van der Waals surface area contributed by atoms with Gasteiger partial charge in [0.15, 0.2) is 0 Å². The van der Waals surface area contributed by atoms with Crippen LogP contribution in [0.25, 0.3) is 0 Å². The van der Waals surface area contributed by atoms with Gasteiger partial charge in [-0.2, -0.15) is 0 Å². The Morgan fingerprint density at radius 2 is 2.08 bits per heavy atom. The fourth-order valence-corrected chi connectivity index (χ4v) is 2.48. The Kier molecular flexibility index (Phi) is 3.78. The maximum absolute atomic E-state index is 4.61. The van der Waals surface area contributed by atoms with E-state index in [0.717, 1.165) is 12.5 Å². The molecule has 2 atom stereocenters. The van der Waals surface area contributed by atoms with Gasteiger partial charge < -0.3 is 0 Å². The van der Waals surface area contributed by atoms with E-state index in [9.17, 15) is 0 Å². The fourth-order valence-electron chi connectivity index (χ4n) is 2.48. The van der Waals surface area contributed by atoms with E-state index in [1.54, 1.807) is 0 Å². The molecule has 0 aliphatic carbocycles. The molecule has 1 rings (SSSR count). The third-order valence-electron chi connectivity index (χ3n) is 2.72. The average molecular weight is 182 g/mol. The van der Waals surface area contributed by atoms with E-state index in [-0.39, 0.29) is 0 Å². The van der Waals surface area contributed by atoms with Crippen LogP contribution < -0.4 is 5.32 Å². The van der Waals surface area contributed by atoms with Crippen molar-refractivity contribution in [1.29, 1.82) is 0 Å². The molecule has 1 fully saturated rings. The monoisotopic (exact) mass is 182 g/mol. The molecular formula is C12H24N. The van der Waals surface area contributed by atoms with Crippen molar-refractivity contribution >= 4 is 0 Å². The quantitative estimate of drug-likeness (QED) is 0.636. The highest BCUT2D eigenvalue weighted by Crippen LogP contribution is 2.28. The molecule has 1 aliphatic rings. The Morgan fingerprint density at radius 3 is 2.54 bits per heavy atom. The van der Waals surface area contributed by atoms with Crippen molar-refractivity contribution in [2.24, 2.45) is 11.3 Å². The summed E-state index contributed by atoms with van der Waals surface area (Å²) in [6, 6.07) is 0.692. The summed E-state index contributed by atoms with van der Waals surface area (Å²) < 4.78 is 0. The summed E-state index contributed by atoms with van der Waals surface area (Å²) in [6.45, 7) is 10.5. The van der Waals surface area contributed by atoms with E-state index in [4.69, 9.17) is 0 Å². The minimum Gasteiger partial charge on any atom is -0.238 e. The van der Waals surface area contributed by atoms with Crippen LogP contribution in [-0.4, -0.2) is 12.6 Å². The lowest BCUT2D eigenvalue weighted by Crippen LogP contribution is -2.20. The molecule has 0 bridgehead atoms. The molecular weight excluding hydrogens is 158 g/mol. The van der Waals surface area contributed by atoms with Crippen LogP contribution in [0.2, 0.25) is 0 Å². The third-order valence-corrected chi connectivity index (χ3v) is 2.72. The van der Waals surface area contributed by atoms with Gasteiger partial charge in [0, 0.05) is 12.6 Å². The van der Waals surface area contributed by atoms with E-state index in [1.165, 1.54) is 25.7 Å². The van der Waals surface area contributed by atoms with Crippen LogP contribution in [0.5, 0.6) is 0 Å². The molecule has 1 heteroatoms. The molecule has 0 aromatic heterocycles. The zero-order valence-corrected chi connectivity index (χ0v) is 9.64. The Labute approximate surface area is 83.3 Å². The normalized spacial score (nSPS) is 26.3. The predicted octanol–water partition coefficient (Wildman–Crippen LogP) is 3.22. The molecule has 0 aromatic carbocycles. The second-order valence-corrected chi connectivity index (χ2v) is 5.81. The molecule has 1 saturated heterocycles. The van der Waals surface area contributed by atoms with E-state index in [1.807, 2.05) is 0 Å². The maximum atomic E-state index is 4.61. The van der Waals surface area contributed by atoms with Crippen molar-refractivity contribution in [3.8, 4) is 0 Å². The van der Waals surface area contributed by atoms with Crippen molar-refractivity contribution in [1.82, 2.24) is 5.32 Å². The molecule has 1 aliphatic heterocycles.